The van der Waals surface area contributed by atoms with Crippen LogP contribution in [0.15, 0.2) is 18.2 Å². The summed E-state index contributed by atoms with van der Waals surface area (Å²) in [5, 5.41) is 9.95. The van der Waals surface area contributed by atoms with Crippen LogP contribution in [0.2, 0.25) is 0 Å². The molecule has 0 radical (unpaired) electrons. The molecule has 18 heavy (non-hydrogen) atoms. The molecule has 0 aliphatic carbocycles. The van der Waals surface area contributed by atoms with Crippen LogP contribution in [0.5, 0.6) is 11.5 Å². The third-order valence-corrected chi connectivity index (χ3v) is 3.19. The van der Waals surface area contributed by atoms with Gasteiger partial charge in [-0.2, -0.15) is 0 Å². The first-order chi connectivity index (χ1) is 8.63. The summed E-state index contributed by atoms with van der Waals surface area (Å²) >= 11 is 0. The molecule has 1 fully saturated rings. The highest BCUT2D eigenvalue weighted by atomic mass is 16.5. The molecule has 3 N–H and O–H groups in total. The Balaban J connectivity index is 2.23. The molecular weight excluding hydrogens is 232 g/mol. The number of likely N-dealkylation sites (tertiary alicyclic amines) is 1. The van der Waals surface area contributed by atoms with E-state index in [1.54, 1.807) is 23.1 Å². The van der Waals surface area contributed by atoms with Crippen molar-refractivity contribution in [3.8, 4) is 11.5 Å². The maximum absolute atomic E-state index is 12.3. The average Bonchev–Trinajstić information content (AvgIpc) is 2.38. The van der Waals surface area contributed by atoms with Crippen molar-refractivity contribution in [1.29, 1.82) is 0 Å². The SMILES string of the molecule is COc1cccc(C(=O)N2CCC[C@@H](N)C2)c1O. The number of amides is 1. The number of hydrogen-bond acceptors (Lipinski definition) is 4. The molecule has 5 nitrogen and oxygen atoms in total. The van der Waals surface area contributed by atoms with E-state index < -0.39 is 0 Å². The molecule has 1 aliphatic heterocycles. The Bertz CT molecular complexity index is 448. The fraction of sp³-hybridized carbons (Fsp3) is 0.462. The summed E-state index contributed by atoms with van der Waals surface area (Å²) in [6.07, 6.45) is 1.84. The summed E-state index contributed by atoms with van der Waals surface area (Å²) in [7, 11) is 1.46. The highest BCUT2D eigenvalue weighted by Gasteiger charge is 2.25. The summed E-state index contributed by atoms with van der Waals surface area (Å²) in [5.41, 5.74) is 6.12. The van der Waals surface area contributed by atoms with Gasteiger partial charge in [-0.25, -0.2) is 0 Å². The number of carbonyl (C=O) groups is 1. The quantitative estimate of drug-likeness (QED) is 0.820. The lowest BCUT2D eigenvalue weighted by Crippen LogP contribution is -2.45. The molecule has 1 heterocycles. The summed E-state index contributed by atoms with van der Waals surface area (Å²) in [5.74, 6) is 0.00727. The molecule has 1 atom stereocenters. The minimum Gasteiger partial charge on any atom is -0.504 e. The molecule has 5 heteroatoms. The number of benzene rings is 1. The third kappa shape index (κ3) is 2.41. The fourth-order valence-electron chi connectivity index (χ4n) is 2.22. The second-order valence-electron chi connectivity index (χ2n) is 4.51. The first-order valence-corrected chi connectivity index (χ1v) is 6.04. The zero-order valence-corrected chi connectivity index (χ0v) is 10.4. The summed E-state index contributed by atoms with van der Waals surface area (Å²) in [6, 6.07) is 4.93. The third-order valence-electron chi connectivity index (χ3n) is 3.19. The molecule has 1 aliphatic rings. The number of methoxy groups -OCH3 is 1. The molecule has 0 aromatic heterocycles. The Morgan fingerprint density at radius 2 is 2.33 bits per heavy atom. The number of rotatable bonds is 2. The average molecular weight is 250 g/mol. The topological polar surface area (TPSA) is 75.8 Å². The van der Waals surface area contributed by atoms with E-state index in [0.29, 0.717) is 18.8 Å². The van der Waals surface area contributed by atoms with Crippen LogP contribution in [0.3, 0.4) is 0 Å². The van der Waals surface area contributed by atoms with Gasteiger partial charge in [-0.05, 0) is 25.0 Å². The minimum atomic E-state index is -0.193. The molecule has 0 unspecified atom stereocenters. The Morgan fingerprint density at radius 3 is 3.00 bits per heavy atom. The number of phenolic OH excluding ortho intramolecular Hbond substituents is 1. The van der Waals surface area contributed by atoms with Crippen LogP contribution in [-0.4, -0.2) is 42.2 Å². The number of nitrogens with two attached hydrogens (primary N) is 1. The van der Waals surface area contributed by atoms with E-state index in [1.165, 1.54) is 7.11 Å². The Labute approximate surface area is 106 Å². The largest absolute Gasteiger partial charge is 0.504 e. The van der Waals surface area contributed by atoms with E-state index >= 15 is 0 Å². The number of carbonyl (C=O) groups excluding carboxylic acids is 1. The molecule has 0 saturated carbocycles. The fourth-order valence-corrected chi connectivity index (χ4v) is 2.22. The van der Waals surface area contributed by atoms with Gasteiger partial charge < -0.3 is 20.5 Å². The van der Waals surface area contributed by atoms with E-state index in [9.17, 15) is 9.90 Å². The van der Waals surface area contributed by atoms with Gasteiger partial charge in [0.2, 0.25) is 0 Å². The summed E-state index contributed by atoms with van der Waals surface area (Å²) in [6.45, 7) is 1.22. The van der Waals surface area contributed by atoms with Gasteiger partial charge in [0.1, 0.15) is 0 Å². The number of aromatic hydroxyl groups is 1. The highest BCUT2D eigenvalue weighted by molar-refractivity contribution is 5.97. The van der Waals surface area contributed by atoms with Gasteiger partial charge in [0.05, 0.1) is 12.7 Å². The normalized spacial score (nSPS) is 19.7. The lowest BCUT2D eigenvalue weighted by Gasteiger charge is -2.31. The lowest BCUT2D eigenvalue weighted by molar-refractivity contribution is 0.0705. The Hall–Kier alpha value is -1.75. The van der Waals surface area contributed by atoms with Crippen molar-refractivity contribution < 1.29 is 14.6 Å². The van der Waals surface area contributed by atoms with Crippen molar-refractivity contribution in [3.63, 3.8) is 0 Å². The molecule has 1 aromatic carbocycles. The molecule has 1 amide bonds. The maximum Gasteiger partial charge on any atom is 0.257 e. The van der Waals surface area contributed by atoms with Crippen LogP contribution in [0.25, 0.3) is 0 Å². The maximum atomic E-state index is 12.3. The first kappa shape index (κ1) is 12.7. The van der Waals surface area contributed by atoms with Crippen LogP contribution < -0.4 is 10.5 Å². The predicted molar refractivity (Wildman–Crippen MR) is 67.8 cm³/mol. The zero-order chi connectivity index (χ0) is 13.1. The van der Waals surface area contributed by atoms with E-state index in [1.807, 2.05) is 0 Å². The number of ether oxygens (including phenoxy) is 1. The monoisotopic (exact) mass is 250 g/mol. The van der Waals surface area contributed by atoms with Gasteiger partial charge in [0.25, 0.3) is 5.91 Å². The zero-order valence-electron chi connectivity index (χ0n) is 10.4. The van der Waals surface area contributed by atoms with Crippen LogP contribution in [0, 0.1) is 0 Å². The van der Waals surface area contributed by atoms with E-state index in [2.05, 4.69) is 0 Å². The van der Waals surface area contributed by atoms with Gasteiger partial charge in [-0.3, -0.25) is 4.79 Å². The Kier molecular flexibility index (Phi) is 3.72. The number of piperidine rings is 1. The molecule has 0 spiro atoms. The molecule has 2 rings (SSSR count). The number of phenols is 1. The van der Waals surface area contributed by atoms with Crippen LogP contribution in [0.1, 0.15) is 23.2 Å². The van der Waals surface area contributed by atoms with Crippen molar-refractivity contribution in [2.75, 3.05) is 20.2 Å². The van der Waals surface area contributed by atoms with E-state index in [-0.39, 0.29) is 23.3 Å². The molecule has 1 saturated heterocycles. The smallest absolute Gasteiger partial charge is 0.257 e. The van der Waals surface area contributed by atoms with Crippen molar-refractivity contribution in [3.05, 3.63) is 23.8 Å². The first-order valence-electron chi connectivity index (χ1n) is 6.04. The second kappa shape index (κ2) is 5.27. The van der Waals surface area contributed by atoms with Crippen LogP contribution in [0.4, 0.5) is 0 Å². The predicted octanol–water partition coefficient (Wildman–Crippen LogP) is 0.964. The molecule has 98 valence electrons. The van der Waals surface area contributed by atoms with E-state index in [0.717, 1.165) is 12.8 Å². The van der Waals surface area contributed by atoms with Gasteiger partial charge in [0, 0.05) is 19.1 Å². The van der Waals surface area contributed by atoms with Crippen molar-refractivity contribution in [2.24, 2.45) is 5.73 Å². The van der Waals surface area contributed by atoms with Crippen molar-refractivity contribution >= 4 is 5.91 Å². The summed E-state index contributed by atoms with van der Waals surface area (Å²) < 4.78 is 5.00. The number of hydrogen-bond donors (Lipinski definition) is 2. The number of nitrogens with zero attached hydrogens (tertiary/aromatic N) is 1. The second-order valence-corrected chi connectivity index (χ2v) is 4.51. The Morgan fingerprint density at radius 1 is 1.56 bits per heavy atom. The molecule has 0 bridgehead atoms. The van der Waals surface area contributed by atoms with Crippen LogP contribution >= 0.6 is 0 Å². The van der Waals surface area contributed by atoms with Gasteiger partial charge in [-0.15, -0.1) is 0 Å². The van der Waals surface area contributed by atoms with Crippen molar-refractivity contribution in [2.45, 2.75) is 18.9 Å². The van der Waals surface area contributed by atoms with Crippen molar-refractivity contribution in [1.82, 2.24) is 4.90 Å². The minimum absolute atomic E-state index is 0.0236. The van der Waals surface area contributed by atoms with Gasteiger partial charge in [0.15, 0.2) is 11.5 Å². The standard InChI is InChI=1S/C13H18N2O3/c1-18-11-6-2-5-10(12(11)16)13(17)15-7-3-4-9(14)8-15/h2,5-6,9,16H,3-4,7-8,14H2,1H3/t9-/m1/s1. The highest BCUT2D eigenvalue weighted by Crippen LogP contribution is 2.30. The summed E-state index contributed by atoms with van der Waals surface area (Å²) in [4.78, 5) is 14.0. The lowest BCUT2D eigenvalue weighted by atomic mass is 10.0. The molecular formula is C13H18N2O3. The number of para-hydroxylation sites is 1. The van der Waals surface area contributed by atoms with Gasteiger partial charge in [-0.1, -0.05) is 6.07 Å². The van der Waals surface area contributed by atoms with E-state index in [4.69, 9.17) is 10.5 Å². The molecule has 1 aromatic rings. The van der Waals surface area contributed by atoms with Crippen LogP contribution in [-0.2, 0) is 0 Å². The van der Waals surface area contributed by atoms with Gasteiger partial charge >= 0.3 is 0 Å².